The molecule has 0 radical (unpaired) electrons. The van der Waals surface area contributed by atoms with Crippen LogP contribution in [0.2, 0.25) is 10.0 Å². The van der Waals surface area contributed by atoms with E-state index >= 15 is 0 Å². The summed E-state index contributed by atoms with van der Waals surface area (Å²) >= 11 is 11.4. The van der Waals surface area contributed by atoms with Crippen molar-refractivity contribution >= 4 is 44.9 Å². The largest absolute Gasteiger partial charge is 0.478 e. The molecule has 0 aliphatic heterocycles. The Morgan fingerprint density at radius 2 is 1.74 bits per heavy atom. The number of rotatable bonds is 4. The molecule has 10 heteroatoms. The molecule has 0 saturated heterocycles. The Morgan fingerprint density at radius 1 is 1.09 bits per heavy atom. The summed E-state index contributed by atoms with van der Waals surface area (Å²) in [4.78, 5) is 10.4. The monoisotopic (exact) mass is 381 g/mol. The van der Waals surface area contributed by atoms with Gasteiger partial charge in [-0.15, -0.1) is 0 Å². The van der Waals surface area contributed by atoms with Gasteiger partial charge in [0.1, 0.15) is 16.5 Å². The molecule has 0 unspecified atom stereocenters. The molecule has 2 rings (SSSR count). The van der Waals surface area contributed by atoms with Gasteiger partial charge in [0.2, 0.25) is 0 Å². The van der Waals surface area contributed by atoms with E-state index in [0.717, 1.165) is 24.3 Å². The zero-order chi connectivity index (χ0) is 17.4. The van der Waals surface area contributed by atoms with E-state index in [1.807, 2.05) is 4.72 Å². The summed E-state index contributed by atoms with van der Waals surface area (Å²) in [5, 5.41) is 8.36. The van der Waals surface area contributed by atoms with E-state index < -0.39 is 43.8 Å². The molecule has 0 aliphatic rings. The highest BCUT2D eigenvalue weighted by Crippen LogP contribution is 2.30. The van der Waals surface area contributed by atoms with Crippen LogP contribution in [-0.2, 0) is 10.0 Å². The van der Waals surface area contributed by atoms with E-state index in [2.05, 4.69) is 0 Å². The van der Waals surface area contributed by atoms with Crippen LogP contribution in [0.25, 0.3) is 0 Å². The molecule has 0 heterocycles. The molecule has 0 aliphatic carbocycles. The first kappa shape index (κ1) is 17.5. The highest BCUT2D eigenvalue weighted by molar-refractivity contribution is 7.92. The Labute approximate surface area is 139 Å². The average molecular weight is 382 g/mol. The number of nitrogens with one attached hydrogen (secondary N) is 1. The van der Waals surface area contributed by atoms with Crippen molar-refractivity contribution in [3.63, 3.8) is 0 Å². The lowest BCUT2D eigenvalue weighted by molar-refractivity contribution is 0.0697. The molecule has 5 nitrogen and oxygen atoms in total. The third-order valence-corrected chi connectivity index (χ3v) is 4.86. The van der Waals surface area contributed by atoms with Crippen molar-refractivity contribution in [2.75, 3.05) is 4.72 Å². The molecule has 0 atom stereocenters. The Morgan fingerprint density at radius 3 is 2.30 bits per heavy atom. The second-order valence-corrected chi connectivity index (χ2v) is 6.76. The first-order chi connectivity index (χ1) is 10.6. The van der Waals surface area contributed by atoms with Crippen LogP contribution in [0, 0.1) is 11.6 Å². The van der Waals surface area contributed by atoms with Crippen molar-refractivity contribution in [2.24, 2.45) is 0 Å². The Balaban J connectivity index is 2.51. The van der Waals surface area contributed by atoms with Crippen molar-refractivity contribution in [1.82, 2.24) is 0 Å². The number of carboxylic acid groups (broad SMARTS) is 1. The fraction of sp³-hybridized carbons (Fsp3) is 0. The normalized spacial score (nSPS) is 11.3. The van der Waals surface area contributed by atoms with Crippen molar-refractivity contribution in [1.29, 1.82) is 0 Å². The number of hydrogen-bond acceptors (Lipinski definition) is 3. The minimum Gasteiger partial charge on any atom is -0.478 e. The molecule has 0 bridgehead atoms. The third kappa shape index (κ3) is 3.72. The maximum Gasteiger partial charge on any atom is 0.337 e. The number of hydrogen-bond donors (Lipinski definition) is 2. The van der Waals surface area contributed by atoms with Gasteiger partial charge in [-0.2, -0.15) is 0 Å². The fourth-order valence-corrected chi connectivity index (χ4v) is 3.59. The molecule has 0 saturated carbocycles. The van der Waals surface area contributed by atoms with E-state index in [1.54, 1.807) is 0 Å². The highest BCUT2D eigenvalue weighted by atomic mass is 35.5. The third-order valence-electron chi connectivity index (χ3n) is 2.72. The second-order valence-electron chi connectivity index (χ2n) is 4.30. The van der Waals surface area contributed by atoms with Crippen LogP contribution in [0.4, 0.5) is 14.5 Å². The van der Waals surface area contributed by atoms with Gasteiger partial charge in [-0.25, -0.2) is 22.0 Å². The van der Waals surface area contributed by atoms with E-state index in [4.69, 9.17) is 28.3 Å². The average Bonchev–Trinajstić information content (AvgIpc) is 2.41. The molecule has 2 aromatic rings. The number of benzene rings is 2. The van der Waals surface area contributed by atoms with Crippen molar-refractivity contribution in [3.8, 4) is 0 Å². The lowest BCUT2D eigenvalue weighted by atomic mass is 10.2. The van der Waals surface area contributed by atoms with Gasteiger partial charge in [-0.05, 0) is 24.3 Å². The maximum absolute atomic E-state index is 13.6. The maximum atomic E-state index is 13.6. The molecule has 0 aromatic heterocycles. The zero-order valence-corrected chi connectivity index (χ0v) is 13.3. The minimum absolute atomic E-state index is 0.255. The van der Waals surface area contributed by atoms with E-state index in [9.17, 15) is 22.0 Å². The standard InChI is InChI=1S/C13H7Cl2F2NO4S/c14-8-5-9(15)12(4-7(8)13(19)20)23(21,22)18-11-2-1-6(16)3-10(11)17/h1-5,18H,(H,19,20). The summed E-state index contributed by atoms with van der Waals surface area (Å²) in [5.41, 5.74) is -1.01. The van der Waals surface area contributed by atoms with Crippen molar-refractivity contribution in [3.05, 3.63) is 57.6 Å². The molecule has 0 spiro atoms. The highest BCUT2D eigenvalue weighted by Gasteiger charge is 2.23. The number of carboxylic acids is 1. The lowest BCUT2D eigenvalue weighted by Gasteiger charge is -2.11. The quantitative estimate of drug-likeness (QED) is 0.843. The van der Waals surface area contributed by atoms with Gasteiger partial charge < -0.3 is 5.11 Å². The predicted molar refractivity (Wildman–Crippen MR) is 80.6 cm³/mol. The smallest absolute Gasteiger partial charge is 0.337 e. The van der Waals surface area contributed by atoms with Gasteiger partial charge in [0.05, 0.1) is 21.3 Å². The molecule has 23 heavy (non-hydrogen) atoms. The summed E-state index contributed by atoms with van der Waals surface area (Å²) in [6, 6.07) is 3.92. The topological polar surface area (TPSA) is 83.5 Å². The Kier molecular flexibility index (Phi) is 4.79. The van der Waals surface area contributed by atoms with Gasteiger partial charge in [0, 0.05) is 6.07 Å². The first-order valence-electron chi connectivity index (χ1n) is 5.82. The van der Waals surface area contributed by atoms with Crippen LogP contribution < -0.4 is 4.72 Å². The van der Waals surface area contributed by atoms with Crippen molar-refractivity contribution in [2.45, 2.75) is 4.90 Å². The SMILES string of the molecule is O=C(O)c1cc(S(=O)(=O)Nc2ccc(F)cc2F)c(Cl)cc1Cl. The number of sulfonamides is 1. The Hall–Kier alpha value is -1.90. The molecule has 0 fully saturated rings. The summed E-state index contributed by atoms with van der Waals surface area (Å²) < 4.78 is 52.8. The predicted octanol–water partition coefficient (Wildman–Crippen LogP) is 3.77. The van der Waals surface area contributed by atoms with Crippen LogP contribution in [-0.4, -0.2) is 19.5 Å². The molecule has 2 N–H and O–H groups in total. The van der Waals surface area contributed by atoms with E-state index in [-0.39, 0.29) is 10.0 Å². The number of aromatic carboxylic acids is 1. The lowest BCUT2D eigenvalue weighted by Crippen LogP contribution is -2.15. The number of carbonyl (C=O) groups is 1. The summed E-state index contributed by atoms with van der Waals surface area (Å²) in [7, 11) is -4.42. The first-order valence-corrected chi connectivity index (χ1v) is 8.06. The van der Waals surface area contributed by atoms with Gasteiger partial charge in [-0.1, -0.05) is 23.2 Å². The summed E-state index contributed by atoms with van der Waals surface area (Å²) in [6.45, 7) is 0. The van der Waals surface area contributed by atoms with Crippen molar-refractivity contribution < 1.29 is 27.1 Å². The fourth-order valence-electron chi connectivity index (χ4n) is 1.67. The zero-order valence-electron chi connectivity index (χ0n) is 11.0. The van der Waals surface area contributed by atoms with Crippen LogP contribution in [0.15, 0.2) is 35.2 Å². The summed E-state index contributed by atoms with van der Waals surface area (Å²) in [6.07, 6.45) is 0. The second kappa shape index (κ2) is 6.31. The van der Waals surface area contributed by atoms with Gasteiger partial charge in [0.25, 0.3) is 10.0 Å². The molecule has 0 amide bonds. The van der Waals surface area contributed by atoms with Crippen LogP contribution >= 0.6 is 23.2 Å². The van der Waals surface area contributed by atoms with Gasteiger partial charge in [-0.3, -0.25) is 4.72 Å². The molecular weight excluding hydrogens is 375 g/mol. The van der Waals surface area contributed by atoms with E-state index in [0.29, 0.717) is 6.07 Å². The summed E-state index contributed by atoms with van der Waals surface area (Å²) in [5.74, 6) is -3.49. The molecule has 122 valence electrons. The van der Waals surface area contributed by atoms with Crippen LogP contribution in [0.5, 0.6) is 0 Å². The minimum atomic E-state index is -4.42. The number of halogens is 4. The van der Waals surface area contributed by atoms with E-state index in [1.165, 1.54) is 0 Å². The Bertz CT molecular complexity index is 903. The van der Waals surface area contributed by atoms with Gasteiger partial charge >= 0.3 is 5.97 Å². The van der Waals surface area contributed by atoms with Gasteiger partial charge in [0.15, 0.2) is 0 Å². The molecular formula is C13H7Cl2F2NO4S. The van der Waals surface area contributed by atoms with Crippen LogP contribution in [0.3, 0.4) is 0 Å². The molecule has 2 aromatic carbocycles. The number of anilines is 1. The van der Waals surface area contributed by atoms with Crippen LogP contribution in [0.1, 0.15) is 10.4 Å².